The van der Waals surface area contributed by atoms with Crippen molar-refractivity contribution in [3.8, 4) is 6.07 Å². The molecule has 2 fully saturated rings. The quantitative estimate of drug-likeness (QED) is 0.636. The second-order valence-electron chi connectivity index (χ2n) is 4.85. The topological polar surface area (TPSA) is 73.6 Å². The summed E-state index contributed by atoms with van der Waals surface area (Å²) in [6, 6.07) is 2.14. The first-order valence-corrected chi connectivity index (χ1v) is 6.11. The normalized spacial score (nSPS) is 23.7. The summed E-state index contributed by atoms with van der Waals surface area (Å²) in [6.07, 6.45) is 0.839. The van der Waals surface area contributed by atoms with E-state index in [9.17, 15) is 14.9 Å². The average molecular weight is 251 g/mol. The molecule has 0 saturated carbocycles. The van der Waals surface area contributed by atoms with Gasteiger partial charge in [-0.15, -0.1) is 0 Å². The Labute approximate surface area is 106 Å². The number of likely N-dealkylation sites (N-methyl/N-ethyl adjacent to an activating group) is 1. The van der Waals surface area contributed by atoms with Gasteiger partial charge in [-0.2, -0.15) is 5.26 Å². The lowest BCUT2D eigenvalue weighted by molar-refractivity contribution is -0.151. The van der Waals surface area contributed by atoms with Crippen LogP contribution < -0.4 is 0 Å². The molecule has 0 spiro atoms. The van der Waals surface area contributed by atoms with Gasteiger partial charge in [-0.3, -0.25) is 9.59 Å². The van der Waals surface area contributed by atoms with Gasteiger partial charge in [0.1, 0.15) is 5.41 Å². The molecule has 0 N–H and O–H groups in total. The number of carbonyl (C=O) groups excluding carboxylic acids is 2. The van der Waals surface area contributed by atoms with E-state index in [2.05, 4.69) is 6.07 Å². The number of hydrogen-bond acceptors (Lipinski definition) is 4. The van der Waals surface area contributed by atoms with Crippen LogP contribution in [0.5, 0.6) is 0 Å². The van der Waals surface area contributed by atoms with E-state index in [0.717, 1.165) is 0 Å². The molecule has 0 atom stereocenters. The van der Waals surface area contributed by atoms with Crippen molar-refractivity contribution in [2.45, 2.75) is 12.8 Å². The zero-order valence-electron chi connectivity index (χ0n) is 10.5. The van der Waals surface area contributed by atoms with E-state index >= 15 is 0 Å². The zero-order valence-corrected chi connectivity index (χ0v) is 10.5. The predicted molar refractivity (Wildman–Crippen MR) is 62.3 cm³/mol. The molecule has 2 amide bonds. The number of rotatable bonds is 1. The fourth-order valence-electron chi connectivity index (χ4n) is 2.33. The number of hydrogen-bond donors (Lipinski definition) is 0. The van der Waals surface area contributed by atoms with Crippen LogP contribution in [-0.2, 0) is 14.3 Å². The fourth-order valence-corrected chi connectivity index (χ4v) is 2.33. The molecule has 0 aromatic rings. The lowest BCUT2D eigenvalue weighted by Gasteiger charge is -2.38. The number of nitriles is 1. The highest BCUT2D eigenvalue weighted by atomic mass is 16.5. The Hall–Kier alpha value is -1.61. The molecule has 18 heavy (non-hydrogen) atoms. The third-order valence-electron chi connectivity index (χ3n) is 3.71. The Morgan fingerprint density at radius 3 is 2.61 bits per heavy atom. The minimum atomic E-state index is -0.992. The third-order valence-corrected chi connectivity index (χ3v) is 3.71. The van der Waals surface area contributed by atoms with Crippen molar-refractivity contribution >= 4 is 11.8 Å². The number of piperazine rings is 1. The lowest BCUT2D eigenvalue weighted by Crippen LogP contribution is -2.55. The van der Waals surface area contributed by atoms with Crippen LogP contribution in [0.25, 0.3) is 0 Å². The number of carbonyl (C=O) groups is 2. The van der Waals surface area contributed by atoms with E-state index in [1.165, 1.54) is 4.90 Å². The second kappa shape index (κ2) is 4.94. The second-order valence-corrected chi connectivity index (χ2v) is 4.85. The fraction of sp³-hybridized carbons (Fsp3) is 0.750. The van der Waals surface area contributed by atoms with Crippen molar-refractivity contribution in [2.24, 2.45) is 5.41 Å². The van der Waals surface area contributed by atoms with Crippen molar-refractivity contribution in [3.63, 3.8) is 0 Å². The van der Waals surface area contributed by atoms with E-state index in [4.69, 9.17) is 4.74 Å². The molecule has 0 aromatic carbocycles. The van der Waals surface area contributed by atoms with Gasteiger partial charge in [0.2, 0.25) is 11.8 Å². The first-order valence-electron chi connectivity index (χ1n) is 6.11. The maximum absolute atomic E-state index is 12.4. The molecule has 0 radical (unpaired) electrons. The summed E-state index contributed by atoms with van der Waals surface area (Å²) in [7, 11) is 1.72. The van der Waals surface area contributed by atoms with E-state index in [0.29, 0.717) is 39.1 Å². The molecule has 2 aliphatic heterocycles. The molecule has 2 saturated heterocycles. The molecule has 2 rings (SSSR count). The Balaban J connectivity index is 2.10. The highest BCUT2D eigenvalue weighted by Crippen LogP contribution is 2.32. The SMILES string of the molecule is CN1CCN(C(=O)C2(C#N)CCOCC2)CC1=O. The van der Waals surface area contributed by atoms with E-state index < -0.39 is 5.41 Å². The van der Waals surface area contributed by atoms with Crippen LogP contribution in [0, 0.1) is 16.7 Å². The summed E-state index contributed by atoms with van der Waals surface area (Å²) in [5, 5.41) is 9.31. The Kier molecular flexibility index (Phi) is 3.53. The number of amides is 2. The summed E-state index contributed by atoms with van der Waals surface area (Å²) >= 11 is 0. The monoisotopic (exact) mass is 251 g/mol. The van der Waals surface area contributed by atoms with Gasteiger partial charge in [0.25, 0.3) is 0 Å². The van der Waals surface area contributed by atoms with E-state index in [-0.39, 0.29) is 18.4 Å². The summed E-state index contributed by atoms with van der Waals surface area (Å²) in [5.74, 6) is -0.288. The predicted octanol–water partition coefficient (Wildman–Crippen LogP) is -0.393. The summed E-state index contributed by atoms with van der Waals surface area (Å²) < 4.78 is 5.21. The van der Waals surface area contributed by atoms with Crippen molar-refractivity contribution < 1.29 is 14.3 Å². The highest BCUT2D eigenvalue weighted by molar-refractivity contribution is 5.90. The summed E-state index contributed by atoms with van der Waals surface area (Å²) in [4.78, 5) is 27.2. The molecule has 0 aliphatic carbocycles. The van der Waals surface area contributed by atoms with Gasteiger partial charge < -0.3 is 14.5 Å². The highest BCUT2D eigenvalue weighted by Gasteiger charge is 2.44. The standard InChI is InChI=1S/C12H17N3O3/c1-14-4-5-15(8-10(14)16)11(17)12(9-13)2-6-18-7-3-12/h2-8H2,1H3. The van der Waals surface area contributed by atoms with Gasteiger partial charge in [0, 0.05) is 33.4 Å². The van der Waals surface area contributed by atoms with Gasteiger partial charge in [-0.25, -0.2) is 0 Å². The molecule has 2 aliphatic rings. The maximum Gasteiger partial charge on any atom is 0.243 e. The average Bonchev–Trinajstić information content (AvgIpc) is 2.42. The zero-order chi connectivity index (χ0) is 13.2. The molecular formula is C12H17N3O3. The van der Waals surface area contributed by atoms with Crippen LogP contribution in [0.2, 0.25) is 0 Å². The number of ether oxygens (including phenoxy) is 1. The summed E-state index contributed by atoms with van der Waals surface area (Å²) in [5.41, 5.74) is -0.992. The molecule has 0 bridgehead atoms. The van der Waals surface area contributed by atoms with Gasteiger partial charge in [0.15, 0.2) is 0 Å². The minimum Gasteiger partial charge on any atom is -0.381 e. The maximum atomic E-state index is 12.4. The Bertz CT molecular complexity index is 396. The number of nitrogens with zero attached hydrogens (tertiary/aromatic N) is 3. The van der Waals surface area contributed by atoms with Gasteiger partial charge in [-0.05, 0) is 12.8 Å². The Morgan fingerprint density at radius 1 is 1.39 bits per heavy atom. The smallest absolute Gasteiger partial charge is 0.243 e. The van der Waals surface area contributed by atoms with Crippen molar-refractivity contribution in [2.75, 3.05) is 39.9 Å². The molecule has 6 heteroatoms. The molecule has 0 unspecified atom stereocenters. The van der Waals surface area contributed by atoms with Crippen molar-refractivity contribution in [1.29, 1.82) is 5.26 Å². The van der Waals surface area contributed by atoms with Crippen LogP contribution in [0.4, 0.5) is 0 Å². The van der Waals surface area contributed by atoms with E-state index in [1.807, 2.05) is 0 Å². The minimum absolute atomic E-state index is 0.0743. The van der Waals surface area contributed by atoms with Gasteiger partial charge >= 0.3 is 0 Å². The first-order chi connectivity index (χ1) is 8.59. The van der Waals surface area contributed by atoms with Crippen LogP contribution in [0.3, 0.4) is 0 Å². The molecule has 0 aromatic heterocycles. The van der Waals surface area contributed by atoms with Crippen LogP contribution in [-0.4, -0.2) is 61.5 Å². The van der Waals surface area contributed by atoms with Gasteiger partial charge in [0.05, 0.1) is 12.6 Å². The molecule has 98 valence electrons. The van der Waals surface area contributed by atoms with Crippen LogP contribution in [0.1, 0.15) is 12.8 Å². The van der Waals surface area contributed by atoms with Gasteiger partial charge in [-0.1, -0.05) is 0 Å². The third kappa shape index (κ3) is 2.18. The Morgan fingerprint density at radius 2 is 2.06 bits per heavy atom. The molecule has 6 nitrogen and oxygen atoms in total. The van der Waals surface area contributed by atoms with Crippen molar-refractivity contribution in [1.82, 2.24) is 9.80 Å². The largest absolute Gasteiger partial charge is 0.381 e. The molecule has 2 heterocycles. The molecular weight excluding hydrogens is 234 g/mol. The van der Waals surface area contributed by atoms with Crippen molar-refractivity contribution in [3.05, 3.63) is 0 Å². The first kappa shape index (κ1) is 12.8. The lowest BCUT2D eigenvalue weighted by atomic mass is 9.80. The van der Waals surface area contributed by atoms with E-state index in [1.54, 1.807) is 11.9 Å². The summed E-state index contributed by atoms with van der Waals surface area (Å²) in [6.45, 7) is 1.98. The van der Waals surface area contributed by atoms with Crippen LogP contribution in [0.15, 0.2) is 0 Å². The van der Waals surface area contributed by atoms with Crippen LogP contribution >= 0.6 is 0 Å².